The Balaban J connectivity index is 1.60. The smallest absolute Gasteiger partial charge is 0.277 e. The van der Waals surface area contributed by atoms with Gasteiger partial charge in [0.2, 0.25) is 21.8 Å². The molecular formula is C17H22N4O4S2. The molecule has 1 saturated carbocycles. The quantitative estimate of drug-likeness (QED) is 0.634. The molecule has 1 aromatic heterocycles. The minimum Gasteiger partial charge on any atom is -0.416 e. The van der Waals surface area contributed by atoms with Gasteiger partial charge in [-0.3, -0.25) is 4.79 Å². The van der Waals surface area contributed by atoms with Crippen molar-refractivity contribution in [2.45, 2.75) is 42.7 Å². The third kappa shape index (κ3) is 4.88. The molecule has 1 aliphatic rings. The summed E-state index contributed by atoms with van der Waals surface area (Å²) >= 11 is 1.16. The maximum atomic E-state index is 12.6. The topological polar surface area (TPSA) is 105 Å². The van der Waals surface area contributed by atoms with Crippen molar-refractivity contribution in [2.24, 2.45) is 0 Å². The van der Waals surface area contributed by atoms with Crippen LogP contribution >= 0.6 is 11.8 Å². The van der Waals surface area contributed by atoms with Gasteiger partial charge in [-0.15, -0.1) is 10.2 Å². The van der Waals surface area contributed by atoms with E-state index in [1.165, 1.54) is 16.4 Å². The van der Waals surface area contributed by atoms with Crippen LogP contribution in [0.3, 0.4) is 0 Å². The molecular weight excluding hydrogens is 388 g/mol. The molecule has 3 rings (SSSR count). The van der Waals surface area contributed by atoms with Crippen LogP contribution in [0.5, 0.6) is 0 Å². The molecule has 0 saturated heterocycles. The zero-order valence-corrected chi connectivity index (χ0v) is 16.8. The van der Waals surface area contributed by atoms with Crippen molar-refractivity contribution < 1.29 is 17.6 Å². The Hall–Kier alpha value is -1.91. The lowest BCUT2D eigenvalue weighted by Crippen LogP contribution is -2.30. The van der Waals surface area contributed by atoms with Gasteiger partial charge in [-0.25, -0.2) is 8.42 Å². The second-order valence-electron chi connectivity index (χ2n) is 6.13. The van der Waals surface area contributed by atoms with Crippen molar-refractivity contribution in [1.82, 2.24) is 14.5 Å². The predicted molar refractivity (Wildman–Crippen MR) is 102 cm³/mol. The number of benzene rings is 1. The van der Waals surface area contributed by atoms with Crippen molar-refractivity contribution >= 4 is 33.4 Å². The molecule has 146 valence electrons. The first-order valence-electron chi connectivity index (χ1n) is 8.80. The highest BCUT2D eigenvalue weighted by Gasteiger charge is 2.29. The zero-order valence-electron chi connectivity index (χ0n) is 15.2. The SMILES string of the molecule is CCN(CC)S(=O)(=O)c1cccc(NC(=O)CSc2nnc(C3CC3)o2)c1. The molecule has 0 bridgehead atoms. The Morgan fingerprint density at radius 3 is 2.70 bits per heavy atom. The molecule has 0 unspecified atom stereocenters. The number of hydrogen-bond acceptors (Lipinski definition) is 7. The molecule has 2 aromatic rings. The second kappa shape index (κ2) is 8.41. The first-order chi connectivity index (χ1) is 12.9. The number of hydrogen-bond donors (Lipinski definition) is 1. The highest BCUT2D eigenvalue weighted by atomic mass is 32.2. The van der Waals surface area contributed by atoms with Crippen LogP contribution in [-0.4, -0.2) is 47.7 Å². The summed E-state index contributed by atoms with van der Waals surface area (Å²) in [5.41, 5.74) is 0.429. The van der Waals surface area contributed by atoms with Crippen LogP contribution in [0.2, 0.25) is 0 Å². The normalized spacial score (nSPS) is 14.5. The third-order valence-electron chi connectivity index (χ3n) is 4.14. The average molecular weight is 411 g/mol. The molecule has 0 radical (unpaired) electrons. The fraction of sp³-hybridized carbons (Fsp3) is 0.471. The highest BCUT2D eigenvalue weighted by Crippen LogP contribution is 2.39. The number of carbonyl (C=O) groups is 1. The summed E-state index contributed by atoms with van der Waals surface area (Å²) in [7, 11) is -3.57. The van der Waals surface area contributed by atoms with Crippen molar-refractivity contribution in [3.05, 3.63) is 30.2 Å². The number of thioether (sulfide) groups is 1. The van der Waals surface area contributed by atoms with Crippen molar-refractivity contribution in [1.29, 1.82) is 0 Å². The minimum atomic E-state index is -3.57. The van der Waals surface area contributed by atoms with Gasteiger partial charge in [0.25, 0.3) is 5.22 Å². The molecule has 1 N–H and O–H groups in total. The predicted octanol–water partition coefficient (Wildman–Crippen LogP) is 2.71. The Morgan fingerprint density at radius 2 is 2.04 bits per heavy atom. The van der Waals surface area contributed by atoms with Crippen LogP contribution in [-0.2, 0) is 14.8 Å². The first-order valence-corrected chi connectivity index (χ1v) is 11.2. The third-order valence-corrected chi connectivity index (χ3v) is 7.00. The maximum absolute atomic E-state index is 12.6. The molecule has 1 heterocycles. The number of carbonyl (C=O) groups excluding carboxylic acids is 1. The van der Waals surface area contributed by atoms with Crippen molar-refractivity contribution in [3.63, 3.8) is 0 Å². The maximum Gasteiger partial charge on any atom is 0.277 e. The summed E-state index contributed by atoms with van der Waals surface area (Å²) in [5.74, 6) is 0.825. The fourth-order valence-electron chi connectivity index (χ4n) is 2.55. The molecule has 1 aromatic carbocycles. The Labute approximate surface area is 162 Å². The first kappa shape index (κ1) is 19.8. The molecule has 0 atom stereocenters. The number of anilines is 1. The van der Waals surface area contributed by atoms with Crippen molar-refractivity contribution in [2.75, 3.05) is 24.2 Å². The molecule has 1 amide bonds. The minimum absolute atomic E-state index is 0.0966. The molecule has 27 heavy (non-hydrogen) atoms. The van der Waals surface area contributed by atoms with E-state index < -0.39 is 10.0 Å². The van der Waals surface area contributed by atoms with Crippen molar-refractivity contribution in [3.8, 4) is 0 Å². The van der Waals surface area contributed by atoms with E-state index in [9.17, 15) is 13.2 Å². The molecule has 0 spiro atoms. The van der Waals surface area contributed by atoms with Crippen LogP contribution in [0.1, 0.15) is 38.5 Å². The van der Waals surface area contributed by atoms with Crippen LogP contribution in [0.4, 0.5) is 5.69 Å². The largest absolute Gasteiger partial charge is 0.416 e. The Bertz CT molecular complexity index is 905. The lowest BCUT2D eigenvalue weighted by molar-refractivity contribution is -0.113. The standard InChI is InChI=1S/C17H22N4O4S2/c1-3-21(4-2)27(23,24)14-7-5-6-13(10-14)18-15(22)11-26-17-20-19-16(25-17)12-8-9-12/h5-7,10,12H,3-4,8-9,11H2,1-2H3,(H,18,22). The number of sulfonamides is 1. The summed E-state index contributed by atoms with van der Waals surface area (Å²) in [5, 5.41) is 11.0. The summed E-state index contributed by atoms with van der Waals surface area (Å²) < 4.78 is 32.0. The molecule has 10 heteroatoms. The van der Waals surface area contributed by atoms with Gasteiger partial charge in [0.15, 0.2) is 0 Å². The number of nitrogens with zero attached hydrogens (tertiary/aromatic N) is 3. The van der Waals surface area contributed by atoms with Gasteiger partial charge in [0.05, 0.1) is 10.6 Å². The van der Waals surface area contributed by atoms with E-state index in [1.807, 2.05) is 0 Å². The van der Waals surface area contributed by atoms with Crippen LogP contribution in [0.15, 0.2) is 38.8 Å². The van der Waals surface area contributed by atoms with Gasteiger partial charge in [-0.1, -0.05) is 31.7 Å². The van der Waals surface area contributed by atoms with E-state index in [0.29, 0.717) is 35.8 Å². The van der Waals surface area contributed by atoms with Crippen LogP contribution in [0.25, 0.3) is 0 Å². The highest BCUT2D eigenvalue weighted by molar-refractivity contribution is 7.99. The van der Waals surface area contributed by atoms with E-state index in [2.05, 4.69) is 15.5 Å². The number of amides is 1. The van der Waals surface area contributed by atoms with Gasteiger partial charge in [-0.2, -0.15) is 4.31 Å². The van der Waals surface area contributed by atoms with Gasteiger partial charge < -0.3 is 9.73 Å². The average Bonchev–Trinajstić information content (AvgIpc) is 3.39. The van der Waals surface area contributed by atoms with Gasteiger partial charge in [0, 0.05) is 24.7 Å². The van der Waals surface area contributed by atoms with E-state index in [0.717, 1.165) is 24.6 Å². The molecule has 8 nitrogen and oxygen atoms in total. The van der Waals surface area contributed by atoms with E-state index in [1.54, 1.807) is 26.0 Å². The zero-order chi connectivity index (χ0) is 19.4. The van der Waals surface area contributed by atoms with Gasteiger partial charge >= 0.3 is 0 Å². The van der Waals surface area contributed by atoms with Gasteiger partial charge in [0.1, 0.15) is 0 Å². The van der Waals surface area contributed by atoms with Crippen LogP contribution < -0.4 is 5.32 Å². The van der Waals surface area contributed by atoms with Crippen LogP contribution in [0, 0.1) is 0 Å². The molecule has 1 fully saturated rings. The van der Waals surface area contributed by atoms with Gasteiger partial charge in [-0.05, 0) is 31.0 Å². The Morgan fingerprint density at radius 1 is 1.30 bits per heavy atom. The fourth-order valence-corrected chi connectivity index (χ4v) is 4.62. The number of aromatic nitrogens is 2. The molecule has 1 aliphatic carbocycles. The summed E-state index contributed by atoms with van der Waals surface area (Å²) in [6.07, 6.45) is 2.14. The number of nitrogens with one attached hydrogen (secondary N) is 1. The number of rotatable bonds is 9. The van der Waals surface area contributed by atoms with E-state index in [-0.39, 0.29) is 16.6 Å². The summed E-state index contributed by atoms with van der Waals surface area (Å²) in [4.78, 5) is 12.3. The van der Waals surface area contributed by atoms with E-state index >= 15 is 0 Å². The van der Waals surface area contributed by atoms with E-state index in [4.69, 9.17) is 4.42 Å². The summed E-state index contributed by atoms with van der Waals surface area (Å²) in [6, 6.07) is 6.25. The monoisotopic (exact) mass is 410 g/mol. The molecule has 0 aliphatic heterocycles. The second-order valence-corrected chi connectivity index (χ2v) is 9.00. The lowest BCUT2D eigenvalue weighted by atomic mass is 10.3. The lowest BCUT2D eigenvalue weighted by Gasteiger charge is -2.18. The summed E-state index contributed by atoms with van der Waals surface area (Å²) in [6.45, 7) is 4.35. The Kier molecular flexibility index (Phi) is 6.18.